The molecule has 0 spiro atoms. The minimum Gasteiger partial charge on any atom is -0.363 e. The number of nitrogens with zero attached hydrogens (tertiary/aromatic N) is 3. The van der Waals surface area contributed by atoms with E-state index in [9.17, 15) is 9.59 Å². The van der Waals surface area contributed by atoms with Gasteiger partial charge in [-0.05, 0) is 43.4 Å². The molecule has 6 heteroatoms. The van der Waals surface area contributed by atoms with Crippen LogP contribution in [-0.2, 0) is 16.1 Å². The first-order valence-electron chi connectivity index (χ1n) is 9.76. The normalized spacial score (nSPS) is 20.8. The number of aromatic nitrogens is 1. The number of rotatable bonds is 5. The number of carbonyl (C=O) groups is 2. The minimum atomic E-state index is -0.306. The van der Waals surface area contributed by atoms with E-state index in [1.165, 1.54) is 6.42 Å². The quantitative estimate of drug-likeness (QED) is 0.877. The molecule has 2 aliphatic rings. The van der Waals surface area contributed by atoms with E-state index in [2.05, 4.69) is 10.3 Å². The molecule has 1 aliphatic carbocycles. The van der Waals surface area contributed by atoms with Gasteiger partial charge in [-0.15, -0.1) is 0 Å². The summed E-state index contributed by atoms with van der Waals surface area (Å²) in [5, 5.41) is 3.02. The van der Waals surface area contributed by atoms with Gasteiger partial charge in [0.2, 0.25) is 11.8 Å². The first-order valence-corrected chi connectivity index (χ1v) is 9.76. The van der Waals surface area contributed by atoms with Gasteiger partial charge in [0.25, 0.3) is 0 Å². The van der Waals surface area contributed by atoms with Gasteiger partial charge in [0, 0.05) is 39.3 Å². The van der Waals surface area contributed by atoms with Gasteiger partial charge in [-0.1, -0.05) is 19.3 Å². The van der Waals surface area contributed by atoms with Crippen LogP contribution in [0.1, 0.15) is 50.5 Å². The Balaban J connectivity index is 1.58. The van der Waals surface area contributed by atoms with Crippen molar-refractivity contribution in [2.75, 3.05) is 25.5 Å². The van der Waals surface area contributed by atoms with Crippen LogP contribution in [0.15, 0.2) is 18.3 Å². The summed E-state index contributed by atoms with van der Waals surface area (Å²) in [6.45, 7) is 1.18. The Kier molecular flexibility index (Phi) is 6.12. The second-order valence-corrected chi connectivity index (χ2v) is 7.66. The van der Waals surface area contributed by atoms with Crippen LogP contribution in [0.2, 0.25) is 0 Å². The second kappa shape index (κ2) is 8.52. The summed E-state index contributed by atoms with van der Waals surface area (Å²) in [5.74, 6) is 1.16. The van der Waals surface area contributed by atoms with Gasteiger partial charge < -0.3 is 15.1 Å². The van der Waals surface area contributed by atoms with Crippen molar-refractivity contribution >= 4 is 17.6 Å². The number of hydrogen-bond donors (Lipinski definition) is 1. The van der Waals surface area contributed by atoms with Crippen molar-refractivity contribution in [1.82, 2.24) is 15.2 Å². The van der Waals surface area contributed by atoms with E-state index in [0.717, 1.165) is 49.9 Å². The molecule has 1 aromatic heterocycles. The third kappa shape index (κ3) is 4.34. The molecule has 142 valence electrons. The molecule has 2 heterocycles. The topological polar surface area (TPSA) is 65.5 Å². The van der Waals surface area contributed by atoms with E-state index in [-0.39, 0.29) is 23.8 Å². The van der Waals surface area contributed by atoms with Crippen molar-refractivity contribution < 1.29 is 9.59 Å². The van der Waals surface area contributed by atoms with Gasteiger partial charge in [-0.3, -0.25) is 9.59 Å². The molecule has 1 N–H and O–H groups in total. The molecular formula is C20H30N4O2. The molecule has 26 heavy (non-hydrogen) atoms. The lowest BCUT2D eigenvalue weighted by Gasteiger charge is -2.30. The molecule has 1 saturated carbocycles. The Bertz CT molecular complexity index is 640. The fourth-order valence-corrected chi connectivity index (χ4v) is 4.01. The van der Waals surface area contributed by atoms with Crippen molar-refractivity contribution in [3.63, 3.8) is 0 Å². The van der Waals surface area contributed by atoms with E-state index in [4.69, 9.17) is 0 Å². The predicted molar refractivity (Wildman–Crippen MR) is 102 cm³/mol. The highest BCUT2D eigenvalue weighted by Gasteiger charge is 2.37. The van der Waals surface area contributed by atoms with Gasteiger partial charge in [-0.2, -0.15) is 0 Å². The van der Waals surface area contributed by atoms with E-state index >= 15 is 0 Å². The van der Waals surface area contributed by atoms with Crippen LogP contribution in [0.3, 0.4) is 0 Å². The van der Waals surface area contributed by atoms with Crippen LogP contribution in [0, 0.1) is 5.92 Å². The second-order valence-electron chi connectivity index (χ2n) is 7.66. The van der Waals surface area contributed by atoms with Crippen LogP contribution in [0.5, 0.6) is 0 Å². The molecule has 3 rings (SSSR count). The monoisotopic (exact) mass is 358 g/mol. The summed E-state index contributed by atoms with van der Waals surface area (Å²) in [6, 6.07) is 3.58. The van der Waals surface area contributed by atoms with E-state index in [1.807, 2.05) is 36.0 Å². The fraction of sp³-hybridized carbons (Fsp3) is 0.650. The van der Waals surface area contributed by atoms with Crippen LogP contribution in [0.4, 0.5) is 5.82 Å². The highest BCUT2D eigenvalue weighted by molar-refractivity contribution is 5.89. The average Bonchev–Trinajstić information content (AvgIpc) is 3.16. The van der Waals surface area contributed by atoms with Gasteiger partial charge in [0.1, 0.15) is 11.9 Å². The van der Waals surface area contributed by atoms with Crippen molar-refractivity contribution in [2.24, 2.45) is 5.92 Å². The molecular weight excluding hydrogens is 328 g/mol. The summed E-state index contributed by atoms with van der Waals surface area (Å²) < 4.78 is 0. The van der Waals surface area contributed by atoms with Gasteiger partial charge in [-0.25, -0.2) is 4.98 Å². The number of hydrogen-bond acceptors (Lipinski definition) is 4. The Morgan fingerprint density at radius 1 is 1.19 bits per heavy atom. The van der Waals surface area contributed by atoms with Gasteiger partial charge >= 0.3 is 0 Å². The van der Waals surface area contributed by atoms with Crippen molar-refractivity contribution in [3.8, 4) is 0 Å². The molecule has 2 fully saturated rings. The maximum atomic E-state index is 12.8. The minimum absolute atomic E-state index is 0.0325. The lowest BCUT2D eigenvalue weighted by molar-refractivity contribution is -0.142. The zero-order valence-electron chi connectivity index (χ0n) is 15.9. The molecule has 6 nitrogen and oxygen atoms in total. The molecule has 1 atom stereocenters. The molecule has 1 saturated heterocycles. The number of carbonyl (C=O) groups excluding carboxylic acids is 2. The maximum Gasteiger partial charge on any atom is 0.243 e. The van der Waals surface area contributed by atoms with Crippen LogP contribution < -0.4 is 10.2 Å². The Hall–Kier alpha value is -2.11. The summed E-state index contributed by atoms with van der Waals surface area (Å²) in [4.78, 5) is 33.6. The van der Waals surface area contributed by atoms with Crippen LogP contribution in [-0.4, -0.2) is 48.4 Å². The molecule has 0 unspecified atom stereocenters. The summed E-state index contributed by atoms with van der Waals surface area (Å²) in [5.41, 5.74) is 1.01. The molecule has 1 aromatic rings. The Morgan fingerprint density at radius 2 is 1.96 bits per heavy atom. The molecule has 0 bridgehead atoms. The van der Waals surface area contributed by atoms with Crippen molar-refractivity contribution in [2.45, 2.75) is 57.5 Å². The number of likely N-dealkylation sites (tertiary alicyclic amines) is 1. The Morgan fingerprint density at radius 3 is 2.69 bits per heavy atom. The van der Waals surface area contributed by atoms with Crippen LogP contribution in [0.25, 0.3) is 0 Å². The first-order chi connectivity index (χ1) is 12.6. The highest BCUT2D eigenvalue weighted by atomic mass is 16.2. The SMILES string of the molecule is CN(C)c1cc(CNC(=O)[C@H]2CCCN2C(=O)C2CCCCC2)ccn1. The van der Waals surface area contributed by atoms with Gasteiger partial charge in [0.05, 0.1) is 0 Å². The average molecular weight is 358 g/mol. The van der Waals surface area contributed by atoms with E-state index < -0.39 is 0 Å². The largest absolute Gasteiger partial charge is 0.363 e. The first kappa shape index (κ1) is 18.7. The maximum absolute atomic E-state index is 12.8. The predicted octanol–water partition coefficient (Wildman–Crippen LogP) is 2.34. The van der Waals surface area contributed by atoms with Gasteiger partial charge in [0.15, 0.2) is 0 Å². The summed E-state index contributed by atoms with van der Waals surface area (Å²) in [7, 11) is 3.88. The zero-order chi connectivity index (χ0) is 18.5. The molecule has 2 amide bonds. The number of nitrogens with one attached hydrogen (secondary N) is 1. The molecule has 0 aromatic carbocycles. The summed E-state index contributed by atoms with van der Waals surface area (Å²) >= 11 is 0. The highest BCUT2D eigenvalue weighted by Crippen LogP contribution is 2.28. The van der Waals surface area contributed by atoms with Crippen molar-refractivity contribution in [3.05, 3.63) is 23.9 Å². The zero-order valence-corrected chi connectivity index (χ0v) is 15.9. The summed E-state index contributed by atoms with van der Waals surface area (Å²) in [6.07, 6.45) is 8.90. The lowest BCUT2D eigenvalue weighted by atomic mass is 9.88. The number of pyridine rings is 1. The third-order valence-corrected chi connectivity index (χ3v) is 5.53. The number of anilines is 1. The smallest absolute Gasteiger partial charge is 0.243 e. The number of amides is 2. The van der Waals surface area contributed by atoms with E-state index in [1.54, 1.807) is 6.20 Å². The fourth-order valence-electron chi connectivity index (χ4n) is 4.01. The molecule has 0 radical (unpaired) electrons. The standard InChI is InChI=1S/C20H30N4O2/c1-23(2)18-13-15(10-11-21-18)14-22-19(25)17-9-6-12-24(17)20(26)16-7-4-3-5-8-16/h10-11,13,16-17H,3-9,12,14H2,1-2H3,(H,22,25)/t17-/m1/s1. The third-order valence-electron chi connectivity index (χ3n) is 5.53. The Labute approximate surface area is 156 Å². The van der Waals surface area contributed by atoms with Crippen LogP contribution >= 0.6 is 0 Å². The molecule has 1 aliphatic heterocycles. The van der Waals surface area contributed by atoms with E-state index in [0.29, 0.717) is 13.1 Å². The van der Waals surface area contributed by atoms with Crippen molar-refractivity contribution in [1.29, 1.82) is 0 Å². The lowest BCUT2D eigenvalue weighted by Crippen LogP contribution is -2.48.